The molecule has 1 saturated carbocycles. The van der Waals surface area contributed by atoms with Crippen molar-refractivity contribution in [1.82, 2.24) is 4.90 Å². The summed E-state index contributed by atoms with van der Waals surface area (Å²) in [5, 5.41) is 0. The van der Waals surface area contributed by atoms with E-state index in [1.54, 1.807) is 0 Å². The van der Waals surface area contributed by atoms with E-state index in [9.17, 15) is 4.79 Å². The van der Waals surface area contributed by atoms with Crippen molar-refractivity contribution < 1.29 is 4.79 Å². The highest BCUT2D eigenvalue weighted by molar-refractivity contribution is 5.94. The van der Waals surface area contributed by atoms with Crippen molar-refractivity contribution in [2.75, 3.05) is 13.6 Å². The molecule has 1 aromatic rings. The minimum atomic E-state index is 0.0797. The number of hydrogen-bond acceptors (Lipinski definition) is 2. The van der Waals surface area contributed by atoms with Gasteiger partial charge in [-0.1, -0.05) is 17.7 Å². The molecule has 3 nitrogen and oxygen atoms in total. The molecule has 0 aliphatic heterocycles. The maximum atomic E-state index is 12.3. The molecule has 1 amide bonds. The van der Waals surface area contributed by atoms with Gasteiger partial charge in [0.05, 0.1) is 0 Å². The Morgan fingerprint density at radius 1 is 1.53 bits per heavy atom. The molecule has 0 aromatic heterocycles. The van der Waals surface area contributed by atoms with Gasteiger partial charge in [-0.25, -0.2) is 0 Å². The Balaban J connectivity index is 2.13. The van der Waals surface area contributed by atoms with Gasteiger partial charge in [-0.05, 0) is 37.8 Å². The first kappa shape index (κ1) is 12.1. The maximum Gasteiger partial charge on any atom is 0.253 e. The fourth-order valence-electron chi connectivity index (χ4n) is 2.28. The molecule has 92 valence electrons. The summed E-state index contributed by atoms with van der Waals surface area (Å²) in [6, 6.07) is 7.91. The molecule has 0 bridgehead atoms. The highest BCUT2D eigenvalue weighted by Crippen LogP contribution is 2.34. The third-order valence-corrected chi connectivity index (χ3v) is 3.49. The number of aryl methyl sites for hydroxylation is 1. The first-order valence-electron chi connectivity index (χ1n) is 6.17. The zero-order valence-electron chi connectivity index (χ0n) is 10.5. The molecule has 1 fully saturated rings. The van der Waals surface area contributed by atoms with Gasteiger partial charge in [0.15, 0.2) is 0 Å². The summed E-state index contributed by atoms with van der Waals surface area (Å²) in [5.74, 6) is 0.690. The second kappa shape index (κ2) is 4.88. The van der Waals surface area contributed by atoms with Gasteiger partial charge < -0.3 is 10.6 Å². The molecule has 1 unspecified atom stereocenters. The molecule has 0 spiro atoms. The number of benzene rings is 1. The number of likely N-dealkylation sites (N-methyl/N-ethyl adjacent to an activating group) is 1. The van der Waals surface area contributed by atoms with Gasteiger partial charge in [0.2, 0.25) is 0 Å². The van der Waals surface area contributed by atoms with Crippen LogP contribution in [0.2, 0.25) is 0 Å². The van der Waals surface area contributed by atoms with Crippen LogP contribution in [0.4, 0.5) is 0 Å². The summed E-state index contributed by atoms with van der Waals surface area (Å²) < 4.78 is 0. The van der Waals surface area contributed by atoms with Crippen LogP contribution >= 0.6 is 0 Å². The van der Waals surface area contributed by atoms with E-state index in [0.717, 1.165) is 11.1 Å². The van der Waals surface area contributed by atoms with E-state index in [0.29, 0.717) is 12.5 Å². The molecule has 1 aromatic carbocycles. The zero-order chi connectivity index (χ0) is 12.4. The molecule has 0 saturated heterocycles. The number of carbonyl (C=O) groups is 1. The van der Waals surface area contributed by atoms with E-state index in [2.05, 4.69) is 0 Å². The Bertz CT molecular complexity index is 412. The van der Waals surface area contributed by atoms with E-state index in [1.807, 2.05) is 43.1 Å². The van der Waals surface area contributed by atoms with Gasteiger partial charge in [0.1, 0.15) is 0 Å². The fraction of sp³-hybridized carbons (Fsp3) is 0.500. The lowest BCUT2D eigenvalue weighted by molar-refractivity contribution is 0.0718. The van der Waals surface area contributed by atoms with Gasteiger partial charge in [-0.15, -0.1) is 0 Å². The normalized spacial score (nSPS) is 16.6. The summed E-state index contributed by atoms with van der Waals surface area (Å²) in [7, 11) is 1.86. The molecule has 2 rings (SSSR count). The minimum Gasteiger partial charge on any atom is -0.337 e. The predicted octanol–water partition coefficient (Wildman–Crippen LogP) is 1.80. The van der Waals surface area contributed by atoms with Crippen molar-refractivity contribution in [3.05, 3.63) is 35.4 Å². The Labute approximate surface area is 103 Å². The molecule has 1 atom stereocenters. The molecular formula is C14H20N2O. The Kier molecular flexibility index (Phi) is 3.48. The number of nitrogens with two attached hydrogens (primary N) is 1. The molecule has 1 aliphatic rings. The van der Waals surface area contributed by atoms with Gasteiger partial charge in [-0.3, -0.25) is 4.79 Å². The molecule has 0 heterocycles. The first-order valence-corrected chi connectivity index (χ1v) is 6.17. The van der Waals surface area contributed by atoms with Crippen LogP contribution < -0.4 is 5.73 Å². The largest absolute Gasteiger partial charge is 0.337 e. The van der Waals surface area contributed by atoms with Crippen LogP contribution in [0, 0.1) is 12.8 Å². The maximum absolute atomic E-state index is 12.3. The third-order valence-electron chi connectivity index (χ3n) is 3.49. The van der Waals surface area contributed by atoms with E-state index < -0.39 is 0 Å². The molecule has 2 N–H and O–H groups in total. The predicted molar refractivity (Wildman–Crippen MR) is 68.8 cm³/mol. The lowest BCUT2D eigenvalue weighted by Crippen LogP contribution is -2.43. The standard InChI is InChI=1S/C14H20N2O/c1-10-4-3-5-12(8-10)14(17)16(2)13(9-15)11-6-7-11/h3-5,8,11,13H,6-7,9,15H2,1-2H3. The van der Waals surface area contributed by atoms with E-state index in [4.69, 9.17) is 5.73 Å². The van der Waals surface area contributed by atoms with E-state index in [-0.39, 0.29) is 11.9 Å². The monoisotopic (exact) mass is 232 g/mol. The molecule has 17 heavy (non-hydrogen) atoms. The number of rotatable bonds is 4. The highest BCUT2D eigenvalue weighted by Gasteiger charge is 2.34. The number of hydrogen-bond donors (Lipinski definition) is 1. The minimum absolute atomic E-state index is 0.0797. The van der Waals surface area contributed by atoms with Crippen molar-refractivity contribution in [1.29, 1.82) is 0 Å². The first-order chi connectivity index (χ1) is 8.13. The van der Waals surface area contributed by atoms with Crippen LogP contribution in [0.1, 0.15) is 28.8 Å². The lowest BCUT2D eigenvalue weighted by Gasteiger charge is -2.27. The molecule has 0 radical (unpaired) electrons. The van der Waals surface area contributed by atoms with Gasteiger partial charge in [-0.2, -0.15) is 0 Å². The van der Waals surface area contributed by atoms with Crippen LogP contribution in [-0.4, -0.2) is 30.4 Å². The Morgan fingerprint density at radius 2 is 2.24 bits per heavy atom. The summed E-state index contributed by atoms with van der Waals surface area (Å²) in [6.45, 7) is 2.55. The van der Waals surface area contributed by atoms with Crippen LogP contribution in [-0.2, 0) is 0 Å². The fourth-order valence-corrected chi connectivity index (χ4v) is 2.28. The molecule has 3 heteroatoms. The van der Waals surface area contributed by atoms with Gasteiger partial charge in [0.25, 0.3) is 5.91 Å². The highest BCUT2D eigenvalue weighted by atomic mass is 16.2. The van der Waals surface area contributed by atoms with Crippen molar-refractivity contribution in [3.63, 3.8) is 0 Å². The topological polar surface area (TPSA) is 46.3 Å². The number of nitrogens with zero attached hydrogens (tertiary/aromatic N) is 1. The van der Waals surface area contributed by atoms with Crippen molar-refractivity contribution in [2.24, 2.45) is 11.7 Å². The van der Waals surface area contributed by atoms with Crippen molar-refractivity contribution in [3.8, 4) is 0 Å². The van der Waals surface area contributed by atoms with Crippen LogP contribution in [0.5, 0.6) is 0 Å². The average molecular weight is 232 g/mol. The molecule has 1 aliphatic carbocycles. The van der Waals surface area contributed by atoms with Crippen molar-refractivity contribution >= 4 is 5.91 Å². The summed E-state index contributed by atoms with van der Waals surface area (Å²) in [5.41, 5.74) is 7.63. The third kappa shape index (κ3) is 2.67. The number of carbonyl (C=O) groups excluding carboxylic acids is 1. The summed E-state index contributed by atoms with van der Waals surface area (Å²) in [6.07, 6.45) is 2.40. The number of amides is 1. The zero-order valence-corrected chi connectivity index (χ0v) is 10.5. The quantitative estimate of drug-likeness (QED) is 0.860. The van der Waals surface area contributed by atoms with Crippen LogP contribution in [0.15, 0.2) is 24.3 Å². The second-order valence-corrected chi connectivity index (χ2v) is 4.93. The van der Waals surface area contributed by atoms with Crippen molar-refractivity contribution in [2.45, 2.75) is 25.8 Å². The van der Waals surface area contributed by atoms with Crippen LogP contribution in [0.3, 0.4) is 0 Å². The van der Waals surface area contributed by atoms with Crippen LogP contribution in [0.25, 0.3) is 0 Å². The summed E-state index contributed by atoms with van der Waals surface area (Å²) >= 11 is 0. The smallest absolute Gasteiger partial charge is 0.253 e. The average Bonchev–Trinajstić information content (AvgIpc) is 3.13. The second-order valence-electron chi connectivity index (χ2n) is 4.93. The Morgan fingerprint density at radius 3 is 2.76 bits per heavy atom. The van der Waals surface area contributed by atoms with E-state index >= 15 is 0 Å². The lowest BCUT2D eigenvalue weighted by atomic mass is 10.1. The van der Waals surface area contributed by atoms with Gasteiger partial charge >= 0.3 is 0 Å². The Hall–Kier alpha value is -1.35. The summed E-state index contributed by atoms with van der Waals surface area (Å²) in [4.78, 5) is 14.1. The van der Waals surface area contributed by atoms with E-state index in [1.165, 1.54) is 12.8 Å². The SMILES string of the molecule is Cc1cccc(C(=O)N(C)C(CN)C2CC2)c1. The molecular weight excluding hydrogens is 212 g/mol. The van der Waals surface area contributed by atoms with Gasteiger partial charge in [0, 0.05) is 25.2 Å².